The van der Waals surface area contributed by atoms with Crippen LogP contribution < -0.4 is 0 Å². The summed E-state index contributed by atoms with van der Waals surface area (Å²) in [7, 11) is 0. The lowest BCUT2D eigenvalue weighted by molar-refractivity contribution is -0.133. The summed E-state index contributed by atoms with van der Waals surface area (Å²) in [5, 5.41) is 9.08. The van der Waals surface area contributed by atoms with Gasteiger partial charge >= 0.3 is 0 Å². The fraction of sp³-hybridized carbons (Fsp3) is 0.529. The summed E-state index contributed by atoms with van der Waals surface area (Å²) in [6, 6.07) is 2.16. The van der Waals surface area contributed by atoms with Crippen LogP contribution in [0, 0.1) is 0 Å². The average molecular weight is 330 g/mol. The van der Waals surface area contributed by atoms with Crippen molar-refractivity contribution in [3.63, 3.8) is 0 Å². The quantitative estimate of drug-likeness (QED) is 0.939. The van der Waals surface area contributed by atoms with Crippen LogP contribution in [0.1, 0.15) is 34.8 Å². The molecule has 1 saturated heterocycles. The normalized spacial score (nSPS) is 19.7. The van der Waals surface area contributed by atoms with Crippen LogP contribution in [0.4, 0.5) is 0 Å². The Morgan fingerprint density at radius 1 is 1.35 bits per heavy atom. The van der Waals surface area contributed by atoms with E-state index in [0.717, 1.165) is 45.4 Å². The van der Waals surface area contributed by atoms with E-state index in [1.165, 1.54) is 16.0 Å². The van der Waals surface area contributed by atoms with Crippen molar-refractivity contribution in [2.75, 3.05) is 26.2 Å². The molecule has 2 aliphatic heterocycles. The van der Waals surface area contributed by atoms with Crippen LogP contribution in [0.15, 0.2) is 23.8 Å². The van der Waals surface area contributed by atoms with Crippen molar-refractivity contribution < 1.29 is 4.79 Å². The highest BCUT2D eigenvalue weighted by Gasteiger charge is 2.26. The first-order valence-corrected chi connectivity index (χ1v) is 9.21. The monoisotopic (exact) mass is 330 g/mol. The van der Waals surface area contributed by atoms with Crippen molar-refractivity contribution in [3.8, 4) is 0 Å². The fourth-order valence-electron chi connectivity index (χ4n) is 3.66. The highest BCUT2D eigenvalue weighted by molar-refractivity contribution is 7.10. The van der Waals surface area contributed by atoms with E-state index in [1.54, 1.807) is 0 Å². The summed E-state index contributed by atoms with van der Waals surface area (Å²) >= 11 is 1.82. The van der Waals surface area contributed by atoms with Crippen molar-refractivity contribution in [2.45, 2.75) is 31.7 Å². The summed E-state index contributed by atoms with van der Waals surface area (Å²) in [5.74, 6) is 0.868. The number of H-pyrrole nitrogens is 1. The second kappa shape index (κ2) is 6.45. The number of carbonyl (C=O) groups is 1. The Hall–Kier alpha value is -1.66. The van der Waals surface area contributed by atoms with Gasteiger partial charge in [0, 0.05) is 24.2 Å². The molecule has 0 unspecified atom stereocenters. The summed E-state index contributed by atoms with van der Waals surface area (Å²) in [5.41, 5.74) is 2.64. The van der Waals surface area contributed by atoms with Gasteiger partial charge in [0.25, 0.3) is 0 Å². The first kappa shape index (κ1) is 14.9. The molecule has 5 nitrogen and oxygen atoms in total. The minimum atomic E-state index is 0.281. The number of aromatic nitrogens is 2. The van der Waals surface area contributed by atoms with Crippen LogP contribution >= 0.6 is 11.3 Å². The molecule has 4 rings (SSSR count). The molecular formula is C17H22N4OS. The molecule has 122 valence electrons. The summed E-state index contributed by atoms with van der Waals surface area (Å²) in [6.07, 6.45) is 7.17. The molecule has 0 spiro atoms. The highest BCUT2D eigenvalue weighted by atomic mass is 32.1. The Kier molecular flexibility index (Phi) is 4.18. The van der Waals surface area contributed by atoms with Gasteiger partial charge in [-0.25, -0.2) is 0 Å². The number of piperidine rings is 1. The molecule has 1 N–H and O–H groups in total. The zero-order valence-corrected chi connectivity index (χ0v) is 14.0. The van der Waals surface area contributed by atoms with Gasteiger partial charge in [-0.2, -0.15) is 5.10 Å². The van der Waals surface area contributed by atoms with E-state index >= 15 is 0 Å². The molecule has 4 heterocycles. The lowest BCUT2D eigenvalue weighted by Crippen LogP contribution is -2.44. The molecule has 0 bridgehead atoms. The van der Waals surface area contributed by atoms with Crippen molar-refractivity contribution in [3.05, 3.63) is 39.8 Å². The molecule has 0 saturated carbocycles. The third-order valence-electron chi connectivity index (χ3n) is 5.10. The number of aromatic amines is 1. The standard InChI is InChI=1S/C17H22N4OS/c22-17(21-7-3-16-14(11-21)4-8-23-16)12-20-5-1-13(2-6-20)15-9-18-19-10-15/h4,8-10,13H,1-3,5-7,11-12H2,(H,18,19). The molecule has 2 aliphatic rings. The number of nitrogens with zero attached hydrogens (tertiary/aromatic N) is 3. The van der Waals surface area contributed by atoms with Gasteiger partial charge in [0.05, 0.1) is 12.7 Å². The van der Waals surface area contributed by atoms with Gasteiger partial charge in [0.1, 0.15) is 0 Å². The van der Waals surface area contributed by atoms with Crippen molar-refractivity contribution in [2.24, 2.45) is 0 Å². The van der Waals surface area contributed by atoms with Gasteiger partial charge in [0.2, 0.25) is 5.91 Å². The van der Waals surface area contributed by atoms with E-state index in [-0.39, 0.29) is 5.91 Å². The van der Waals surface area contributed by atoms with E-state index in [4.69, 9.17) is 0 Å². The number of fused-ring (bicyclic) bond motifs is 1. The Labute approximate surface area is 140 Å². The lowest BCUT2D eigenvalue weighted by atomic mass is 9.91. The van der Waals surface area contributed by atoms with Crippen LogP contribution in [-0.2, 0) is 17.8 Å². The minimum Gasteiger partial charge on any atom is -0.337 e. The van der Waals surface area contributed by atoms with Crippen LogP contribution in [0.2, 0.25) is 0 Å². The Bertz CT molecular complexity index is 658. The topological polar surface area (TPSA) is 52.2 Å². The maximum absolute atomic E-state index is 12.6. The number of hydrogen-bond acceptors (Lipinski definition) is 4. The van der Waals surface area contributed by atoms with E-state index in [2.05, 4.69) is 26.5 Å². The minimum absolute atomic E-state index is 0.281. The van der Waals surface area contributed by atoms with E-state index in [1.807, 2.05) is 28.6 Å². The average Bonchev–Trinajstić information content (AvgIpc) is 3.26. The predicted molar refractivity (Wildman–Crippen MR) is 90.4 cm³/mol. The lowest BCUT2D eigenvalue weighted by Gasteiger charge is -2.34. The molecule has 1 fully saturated rings. The first-order chi connectivity index (χ1) is 11.3. The molecule has 0 aromatic carbocycles. The molecule has 2 aromatic heterocycles. The fourth-order valence-corrected chi connectivity index (χ4v) is 4.55. The molecule has 1 amide bonds. The van der Waals surface area contributed by atoms with Crippen molar-refractivity contribution in [1.29, 1.82) is 0 Å². The first-order valence-electron chi connectivity index (χ1n) is 8.33. The number of thiophene rings is 1. The third-order valence-corrected chi connectivity index (χ3v) is 6.12. The molecule has 2 aromatic rings. The SMILES string of the molecule is O=C(CN1CCC(c2cn[nH]c2)CC1)N1CCc2sccc2C1. The van der Waals surface area contributed by atoms with Gasteiger partial charge in [-0.1, -0.05) is 0 Å². The van der Waals surface area contributed by atoms with Crippen molar-refractivity contribution >= 4 is 17.2 Å². The molecule has 0 radical (unpaired) electrons. The molecule has 0 aliphatic carbocycles. The van der Waals surface area contributed by atoms with E-state index in [9.17, 15) is 4.79 Å². The highest BCUT2D eigenvalue weighted by Crippen LogP contribution is 2.27. The number of rotatable bonds is 3. The van der Waals surface area contributed by atoms with Gasteiger partial charge in [0.15, 0.2) is 0 Å². The number of nitrogens with one attached hydrogen (secondary N) is 1. The second-order valence-electron chi connectivity index (χ2n) is 6.52. The Morgan fingerprint density at radius 2 is 2.22 bits per heavy atom. The van der Waals surface area contributed by atoms with Crippen LogP contribution in [-0.4, -0.2) is 52.1 Å². The van der Waals surface area contributed by atoms with Crippen LogP contribution in [0.3, 0.4) is 0 Å². The molecule has 6 heteroatoms. The van der Waals surface area contributed by atoms with E-state index < -0.39 is 0 Å². The van der Waals surface area contributed by atoms with Gasteiger partial charge in [-0.15, -0.1) is 11.3 Å². The second-order valence-corrected chi connectivity index (χ2v) is 7.52. The number of hydrogen-bond donors (Lipinski definition) is 1. The zero-order chi connectivity index (χ0) is 15.6. The Balaban J connectivity index is 1.29. The predicted octanol–water partition coefficient (Wildman–Crippen LogP) is 2.24. The summed E-state index contributed by atoms with van der Waals surface area (Å²) < 4.78 is 0. The largest absolute Gasteiger partial charge is 0.337 e. The van der Waals surface area contributed by atoms with Gasteiger partial charge < -0.3 is 4.90 Å². The van der Waals surface area contributed by atoms with Gasteiger partial charge in [-0.05, 0) is 60.8 Å². The number of likely N-dealkylation sites (tertiary alicyclic amines) is 1. The van der Waals surface area contributed by atoms with Crippen LogP contribution in [0.25, 0.3) is 0 Å². The van der Waals surface area contributed by atoms with Crippen molar-refractivity contribution in [1.82, 2.24) is 20.0 Å². The third kappa shape index (κ3) is 3.19. The van der Waals surface area contributed by atoms with E-state index in [0.29, 0.717) is 12.5 Å². The summed E-state index contributed by atoms with van der Waals surface area (Å²) in [4.78, 5) is 18.4. The zero-order valence-electron chi connectivity index (χ0n) is 13.2. The Morgan fingerprint density at radius 3 is 3.00 bits per heavy atom. The maximum Gasteiger partial charge on any atom is 0.237 e. The van der Waals surface area contributed by atoms with Gasteiger partial charge in [-0.3, -0.25) is 14.8 Å². The molecule has 23 heavy (non-hydrogen) atoms. The summed E-state index contributed by atoms with van der Waals surface area (Å²) in [6.45, 7) is 4.23. The number of amides is 1. The number of carbonyl (C=O) groups excluding carboxylic acids is 1. The molecular weight excluding hydrogens is 308 g/mol. The maximum atomic E-state index is 12.6. The van der Waals surface area contributed by atoms with Crippen LogP contribution in [0.5, 0.6) is 0 Å². The smallest absolute Gasteiger partial charge is 0.237 e. The molecule has 0 atom stereocenters.